The number of amides is 1. The van der Waals surface area contributed by atoms with Crippen LogP contribution in [0.2, 0.25) is 0 Å². The molecule has 4 rings (SSSR count). The predicted octanol–water partition coefficient (Wildman–Crippen LogP) is 2.42. The lowest BCUT2D eigenvalue weighted by atomic mass is 10.0. The molecule has 6 nitrogen and oxygen atoms in total. The van der Waals surface area contributed by atoms with E-state index < -0.39 is 0 Å². The molecule has 1 amide bonds. The van der Waals surface area contributed by atoms with Crippen molar-refractivity contribution in [1.29, 1.82) is 0 Å². The summed E-state index contributed by atoms with van der Waals surface area (Å²) in [6.45, 7) is 3.78. The zero-order chi connectivity index (χ0) is 19.5. The van der Waals surface area contributed by atoms with E-state index in [0.717, 1.165) is 29.3 Å². The molecule has 148 valence electrons. The van der Waals surface area contributed by atoms with E-state index in [-0.39, 0.29) is 11.9 Å². The smallest absolute Gasteiger partial charge is 0.298 e. The molecule has 1 N–H and O–H groups in total. The standard InChI is InChI=1S/C22H27N3O3/c1-16-6-3-4-12-24(16)15-22(26)25-20(21-7-5-13-28-21)14-19(23-25)17-8-10-18(27-2)11-9-17/h5,7-11,13,16,20H,3-4,6,12,14-15H2,1-2H3/p+1/t16-,20-/m0/s1. The molecule has 1 aromatic heterocycles. The number of hydrogen-bond acceptors (Lipinski definition) is 4. The van der Waals surface area contributed by atoms with Crippen molar-refractivity contribution in [2.75, 3.05) is 20.2 Å². The summed E-state index contributed by atoms with van der Waals surface area (Å²) in [5.74, 6) is 1.65. The summed E-state index contributed by atoms with van der Waals surface area (Å²) in [4.78, 5) is 14.5. The lowest BCUT2D eigenvalue weighted by Gasteiger charge is -2.31. The summed E-state index contributed by atoms with van der Waals surface area (Å²) in [6, 6.07) is 11.9. The highest BCUT2D eigenvalue weighted by molar-refractivity contribution is 6.03. The Balaban J connectivity index is 1.56. The summed E-state index contributed by atoms with van der Waals surface area (Å²) in [5.41, 5.74) is 1.91. The van der Waals surface area contributed by atoms with Crippen molar-refractivity contribution >= 4 is 11.6 Å². The van der Waals surface area contributed by atoms with Crippen LogP contribution in [0.15, 0.2) is 52.2 Å². The van der Waals surface area contributed by atoms with Crippen molar-refractivity contribution in [3.63, 3.8) is 0 Å². The zero-order valence-corrected chi connectivity index (χ0v) is 16.6. The second-order valence-electron chi connectivity index (χ2n) is 7.73. The predicted molar refractivity (Wildman–Crippen MR) is 106 cm³/mol. The van der Waals surface area contributed by atoms with Crippen molar-refractivity contribution in [3.05, 3.63) is 54.0 Å². The molecule has 1 unspecified atom stereocenters. The van der Waals surface area contributed by atoms with E-state index >= 15 is 0 Å². The molecule has 1 aromatic carbocycles. The highest BCUT2D eigenvalue weighted by atomic mass is 16.5. The fourth-order valence-corrected chi connectivity index (χ4v) is 4.19. The molecular weight excluding hydrogens is 354 g/mol. The van der Waals surface area contributed by atoms with Crippen LogP contribution >= 0.6 is 0 Å². The number of hydrogen-bond donors (Lipinski definition) is 1. The number of likely N-dealkylation sites (tertiary alicyclic amines) is 1. The minimum absolute atomic E-state index is 0.0636. The van der Waals surface area contributed by atoms with Gasteiger partial charge in [-0.1, -0.05) is 0 Å². The second kappa shape index (κ2) is 8.19. The van der Waals surface area contributed by atoms with Gasteiger partial charge in [0, 0.05) is 6.42 Å². The Bertz CT molecular complexity index is 829. The molecule has 0 aliphatic carbocycles. The number of carbonyl (C=O) groups is 1. The summed E-state index contributed by atoms with van der Waals surface area (Å²) >= 11 is 0. The zero-order valence-electron chi connectivity index (χ0n) is 16.6. The van der Waals surface area contributed by atoms with Crippen molar-refractivity contribution in [3.8, 4) is 5.75 Å². The Morgan fingerprint density at radius 1 is 1.29 bits per heavy atom. The van der Waals surface area contributed by atoms with Gasteiger partial charge in [0.25, 0.3) is 5.91 Å². The molecule has 28 heavy (non-hydrogen) atoms. The van der Waals surface area contributed by atoms with Gasteiger partial charge in [0.1, 0.15) is 17.6 Å². The minimum Gasteiger partial charge on any atom is -0.497 e. The third kappa shape index (κ3) is 3.83. The van der Waals surface area contributed by atoms with E-state index in [0.29, 0.717) is 19.0 Å². The number of benzene rings is 1. The number of piperidine rings is 1. The molecule has 0 spiro atoms. The van der Waals surface area contributed by atoms with E-state index in [9.17, 15) is 4.79 Å². The van der Waals surface area contributed by atoms with Gasteiger partial charge >= 0.3 is 0 Å². The highest BCUT2D eigenvalue weighted by Crippen LogP contribution is 2.33. The average Bonchev–Trinajstić information content (AvgIpc) is 3.39. The Labute approximate surface area is 165 Å². The topological polar surface area (TPSA) is 59.5 Å². The number of methoxy groups -OCH3 is 1. The number of rotatable bonds is 5. The Morgan fingerprint density at radius 2 is 2.11 bits per heavy atom. The van der Waals surface area contributed by atoms with Gasteiger partial charge in [-0.25, -0.2) is 5.01 Å². The Hall–Kier alpha value is -2.60. The normalized spacial score (nSPS) is 24.9. The third-order valence-electron chi connectivity index (χ3n) is 5.92. The molecule has 3 atom stereocenters. The van der Waals surface area contributed by atoms with E-state index in [1.54, 1.807) is 18.4 Å². The van der Waals surface area contributed by atoms with Crippen LogP contribution in [0.5, 0.6) is 5.75 Å². The van der Waals surface area contributed by atoms with E-state index in [1.165, 1.54) is 24.2 Å². The third-order valence-corrected chi connectivity index (χ3v) is 5.92. The lowest BCUT2D eigenvalue weighted by molar-refractivity contribution is -0.921. The summed E-state index contributed by atoms with van der Waals surface area (Å²) < 4.78 is 10.9. The molecule has 2 aliphatic rings. The quantitative estimate of drug-likeness (QED) is 0.864. The van der Waals surface area contributed by atoms with Crippen LogP contribution < -0.4 is 9.64 Å². The molecule has 2 aromatic rings. The Morgan fingerprint density at radius 3 is 2.79 bits per heavy atom. The van der Waals surface area contributed by atoms with Crippen LogP contribution in [-0.4, -0.2) is 42.9 Å². The van der Waals surface area contributed by atoms with E-state index in [2.05, 4.69) is 6.92 Å². The van der Waals surface area contributed by atoms with Gasteiger partial charge in [-0.15, -0.1) is 0 Å². The molecular formula is C22H28N3O3+. The first kappa shape index (κ1) is 18.7. The van der Waals surface area contributed by atoms with Gasteiger partial charge in [-0.3, -0.25) is 4.79 Å². The van der Waals surface area contributed by atoms with Gasteiger partial charge in [0.2, 0.25) is 0 Å². The summed E-state index contributed by atoms with van der Waals surface area (Å²) in [6.07, 6.45) is 5.94. The van der Waals surface area contributed by atoms with Crippen molar-refractivity contribution in [1.82, 2.24) is 5.01 Å². The molecule has 0 bridgehead atoms. The molecule has 2 aliphatic heterocycles. The number of nitrogens with one attached hydrogen (secondary N) is 1. The van der Waals surface area contributed by atoms with Crippen molar-refractivity contribution in [2.24, 2.45) is 5.10 Å². The molecule has 1 saturated heterocycles. The number of quaternary nitrogens is 1. The number of nitrogens with zero attached hydrogens (tertiary/aromatic N) is 2. The number of ether oxygens (including phenoxy) is 1. The Kier molecular flexibility index (Phi) is 5.48. The number of hydrazone groups is 1. The van der Waals surface area contributed by atoms with Gasteiger partial charge in [-0.2, -0.15) is 5.10 Å². The SMILES string of the molecule is COc1ccc(C2=NN(C(=O)C[NH+]3CCCC[C@@H]3C)[C@H](c3ccco3)C2)cc1. The van der Waals surface area contributed by atoms with Gasteiger partial charge in [-0.05, 0) is 68.1 Å². The van der Waals surface area contributed by atoms with Crippen LogP contribution in [0.3, 0.4) is 0 Å². The molecule has 0 saturated carbocycles. The first-order chi connectivity index (χ1) is 13.7. The highest BCUT2D eigenvalue weighted by Gasteiger charge is 2.37. The van der Waals surface area contributed by atoms with Gasteiger partial charge in [0.15, 0.2) is 6.54 Å². The van der Waals surface area contributed by atoms with Gasteiger partial charge in [0.05, 0.1) is 31.7 Å². The van der Waals surface area contributed by atoms with Crippen LogP contribution in [-0.2, 0) is 4.79 Å². The van der Waals surface area contributed by atoms with Gasteiger partial charge < -0.3 is 14.1 Å². The van der Waals surface area contributed by atoms with E-state index in [4.69, 9.17) is 14.3 Å². The average molecular weight is 382 g/mol. The number of furan rings is 1. The molecule has 3 heterocycles. The van der Waals surface area contributed by atoms with E-state index in [1.807, 2.05) is 36.4 Å². The minimum atomic E-state index is -0.181. The molecule has 1 fully saturated rings. The summed E-state index contributed by atoms with van der Waals surface area (Å²) in [5, 5.41) is 6.37. The fourth-order valence-electron chi connectivity index (χ4n) is 4.19. The molecule has 6 heteroatoms. The number of carbonyl (C=O) groups excluding carboxylic acids is 1. The van der Waals surface area contributed by atoms with Crippen LogP contribution in [0.25, 0.3) is 0 Å². The van der Waals surface area contributed by atoms with Crippen molar-refractivity contribution < 1.29 is 18.8 Å². The summed E-state index contributed by atoms with van der Waals surface area (Å²) in [7, 11) is 1.65. The fraction of sp³-hybridized carbons (Fsp3) is 0.455. The van der Waals surface area contributed by atoms with Crippen molar-refractivity contribution in [2.45, 2.75) is 44.7 Å². The first-order valence-corrected chi connectivity index (χ1v) is 10.1. The van der Waals surface area contributed by atoms with Crippen LogP contribution in [0.1, 0.15) is 50.0 Å². The van der Waals surface area contributed by atoms with Crippen LogP contribution in [0.4, 0.5) is 0 Å². The maximum Gasteiger partial charge on any atom is 0.298 e. The lowest BCUT2D eigenvalue weighted by Crippen LogP contribution is -3.17. The molecule has 0 radical (unpaired) electrons. The largest absolute Gasteiger partial charge is 0.497 e. The monoisotopic (exact) mass is 382 g/mol. The van der Waals surface area contributed by atoms with Crippen LogP contribution in [0, 0.1) is 0 Å². The maximum atomic E-state index is 13.2. The maximum absolute atomic E-state index is 13.2. The second-order valence-corrected chi connectivity index (χ2v) is 7.73. The first-order valence-electron chi connectivity index (χ1n) is 10.1.